The molecule has 0 spiro atoms. The van der Waals surface area contributed by atoms with Gasteiger partial charge in [0.2, 0.25) is 0 Å². The van der Waals surface area contributed by atoms with E-state index >= 15 is 0 Å². The highest BCUT2D eigenvalue weighted by molar-refractivity contribution is 6.51. The largest absolute Gasteiger partial charge is 0.507 e. The molecule has 1 aliphatic rings. The van der Waals surface area contributed by atoms with Gasteiger partial charge in [0.05, 0.1) is 11.3 Å². The number of unbranched alkanes of at least 4 members (excludes halogenated alkanes) is 1. The van der Waals surface area contributed by atoms with Gasteiger partial charge in [-0.15, -0.1) is 0 Å². The molecule has 3 heterocycles. The number of aryl methyl sites for hydroxylation is 1. The number of hydrogen-bond donors (Lipinski definition) is 1. The Labute approximate surface area is 180 Å². The third-order valence-corrected chi connectivity index (χ3v) is 5.40. The van der Waals surface area contributed by atoms with E-state index in [9.17, 15) is 14.7 Å². The van der Waals surface area contributed by atoms with Crippen molar-refractivity contribution < 1.29 is 14.7 Å². The van der Waals surface area contributed by atoms with Crippen LogP contribution in [0.5, 0.6) is 0 Å². The SMILES string of the molecule is CCCCc1ccc(N2C(=O)C(=O)/C(=C(\O)c3ccncc3)C2c2ccccn2)cc1. The topological polar surface area (TPSA) is 83.4 Å². The number of pyridine rings is 2. The minimum atomic E-state index is -0.823. The molecule has 1 aliphatic heterocycles. The first-order valence-electron chi connectivity index (χ1n) is 10.3. The van der Waals surface area contributed by atoms with Crippen molar-refractivity contribution in [2.75, 3.05) is 4.90 Å². The van der Waals surface area contributed by atoms with Crippen LogP contribution < -0.4 is 4.90 Å². The molecular weight excluding hydrogens is 390 g/mol. The molecule has 1 saturated heterocycles. The molecule has 0 saturated carbocycles. The predicted octanol–water partition coefficient (Wildman–Crippen LogP) is 4.45. The number of carbonyl (C=O) groups excluding carboxylic acids is 2. The van der Waals surface area contributed by atoms with Crippen LogP contribution in [0.2, 0.25) is 0 Å². The van der Waals surface area contributed by atoms with Crippen LogP contribution in [0.25, 0.3) is 5.76 Å². The number of amides is 1. The van der Waals surface area contributed by atoms with E-state index in [1.54, 1.807) is 36.5 Å². The Bertz CT molecular complexity index is 1110. The van der Waals surface area contributed by atoms with Crippen LogP contribution in [-0.2, 0) is 16.0 Å². The molecular formula is C25H23N3O3. The number of ketones is 1. The summed E-state index contributed by atoms with van der Waals surface area (Å²) in [5.74, 6) is -1.66. The molecule has 156 valence electrons. The molecule has 0 aliphatic carbocycles. The zero-order chi connectivity index (χ0) is 21.8. The fraction of sp³-hybridized carbons (Fsp3) is 0.200. The summed E-state index contributed by atoms with van der Waals surface area (Å²) in [5.41, 5.74) is 2.71. The van der Waals surface area contributed by atoms with Crippen LogP contribution in [0.3, 0.4) is 0 Å². The standard InChI is InChI=1S/C25H23N3O3/c1-2-3-6-17-8-10-19(11-9-17)28-22(20-7-4-5-14-27-20)21(24(30)25(28)31)23(29)18-12-15-26-16-13-18/h4-5,7-16,22,29H,2-3,6H2,1H3/b23-21-. The molecule has 1 unspecified atom stereocenters. The minimum absolute atomic E-state index is 0.0185. The van der Waals surface area contributed by atoms with Crippen molar-refractivity contribution in [2.45, 2.75) is 32.2 Å². The van der Waals surface area contributed by atoms with Crippen LogP contribution in [0.1, 0.15) is 42.6 Å². The molecule has 4 rings (SSSR count). The van der Waals surface area contributed by atoms with Gasteiger partial charge in [-0.25, -0.2) is 0 Å². The highest BCUT2D eigenvalue weighted by Crippen LogP contribution is 2.41. The first-order valence-corrected chi connectivity index (χ1v) is 10.3. The van der Waals surface area contributed by atoms with Gasteiger partial charge in [0, 0.05) is 29.8 Å². The minimum Gasteiger partial charge on any atom is -0.507 e. The van der Waals surface area contributed by atoms with Crippen LogP contribution in [0, 0.1) is 0 Å². The van der Waals surface area contributed by atoms with E-state index < -0.39 is 17.7 Å². The van der Waals surface area contributed by atoms with E-state index in [0.29, 0.717) is 16.9 Å². The summed E-state index contributed by atoms with van der Waals surface area (Å²) in [7, 11) is 0. The average Bonchev–Trinajstić information content (AvgIpc) is 3.09. The fourth-order valence-corrected chi connectivity index (χ4v) is 3.79. The maximum atomic E-state index is 13.1. The summed E-state index contributed by atoms with van der Waals surface area (Å²) < 4.78 is 0. The zero-order valence-electron chi connectivity index (χ0n) is 17.2. The quantitative estimate of drug-likeness (QED) is 0.367. The normalized spacial score (nSPS) is 17.8. The van der Waals surface area contributed by atoms with Crippen LogP contribution in [0.4, 0.5) is 5.69 Å². The molecule has 1 aromatic carbocycles. The molecule has 0 bridgehead atoms. The van der Waals surface area contributed by atoms with Crippen LogP contribution >= 0.6 is 0 Å². The smallest absolute Gasteiger partial charge is 0.300 e. The van der Waals surface area contributed by atoms with Crippen molar-refractivity contribution in [3.63, 3.8) is 0 Å². The molecule has 31 heavy (non-hydrogen) atoms. The lowest BCUT2D eigenvalue weighted by molar-refractivity contribution is -0.132. The Morgan fingerprint density at radius 1 is 1.00 bits per heavy atom. The van der Waals surface area contributed by atoms with Gasteiger partial charge in [-0.05, 0) is 54.8 Å². The Hall–Kier alpha value is -3.80. The fourth-order valence-electron chi connectivity index (χ4n) is 3.79. The number of hydrogen-bond acceptors (Lipinski definition) is 5. The third kappa shape index (κ3) is 3.97. The molecule has 6 nitrogen and oxygen atoms in total. The van der Waals surface area contributed by atoms with Gasteiger partial charge in [-0.2, -0.15) is 0 Å². The number of Topliss-reactive ketones (excluding diaryl/α,β-unsaturated/α-hetero) is 1. The number of anilines is 1. The van der Waals surface area contributed by atoms with Gasteiger partial charge in [-0.3, -0.25) is 24.5 Å². The van der Waals surface area contributed by atoms with Gasteiger partial charge in [0.15, 0.2) is 0 Å². The summed E-state index contributed by atoms with van der Waals surface area (Å²) in [4.78, 5) is 35.9. The number of aliphatic hydroxyl groups excluding tert-OH is 1. The molecule has 0 radical (unpaired) electrons. The Kier molecular flexibility index (Phi) is 5.89. The average molecular weight is 413 g/mol. The van der Waals surface area contributed by atoms with Crippen LogP contribution in [-0.4, -0.2) is 26.8 Å². The van der Waals surface area contributed by atoms with E-state index in [-0.39, 0.29) is 11.3 Å². The van der Waals surface area contributed by atoms with Crippen molar-refractivity contribution in [3.05, 3.63) is 95.6 Å². The first kappa shape index (κ1) is 20.5. The Morgan fingerprint density at radius 2 is 1.74 bits per heavy atom. The van der Waals surface area contributed by atoms with Crippen LogP contribution in [0.15, 0.2) is 78.8 Å². The number of nitrogens with zero attached hydrogens (tertiary/aromatic N) is 3. The molecule has 3 aromatic rings. The highest BCUT2D eigenvalue weighted by atomic mass is 16.3. The van der Waals surface area contributed by atoms with E-state index in [2.05, 4.69) is 16.9 Å². The molecule has 1 amide bonds. The molecule has 1 fully saturated rings. The van der Waals surface area contributed by atoms with E-state index in [1.807, 2.05) is 24.3 Å². The van der Waals surface area contributed by atoms with Gasteiger partial charge in [0.1, 0.15) is 11.8 Å². The molecule has 1 N–H and O–H groups in total. The lowest BCUT2D eigenvalue weighted by Crippen LogP contribution is -2.29. The van der Waals surface area contributed by atoms with E-state index in [0.717, 1.165) is 19.3 Å². The van der Waals surface area contributed by atoms with E-state index in [4.69, 9.17) is 0 Å². The lowest BCUT2D eigenvalue weighted by Gasteiger charge is -2.24. The van der Waals surface area contributed by atoms with Crippen molar-refractivity contribution in [1.29, 1.82) is 0 Å². The number of benzene rings is 1. The maximum Gasteiger partial charge on any atom is 0.300 e. The van der Waals surface area contributed by atoms with Gasteiger partial charge < -0.3 is 5.11 Å². The summed E-state index contributed by atoms with van der Waals surface area (Å²) in [6.45, 7) is 2.14. The maximum absolute atomic E-state index is 13.1. The third-order valence-electron chi connectivity index (χ3n) is 5.40. The van der Waals surface area contributed by atoms with Crippen molar-refractivity contribution >= 4 is 23.1 Å². The second-order valence-electron chi connectivity index (χ2n) is 7.43. The number of aromatic nitrogens is 2. The van der Waals surface area contributed by atoms with Crippen molar-refractivity contribution in [2.24, 2.45) is 0 Å². The number of aliphatic hydroxyl groups is 1. The molecule has 2 aromatic heterocycles. The van der Waals surface area contributed by atoms with Gasteiger partial charge in [0.25, 0.3) is 11.7 Å². The Balaban J connectivity index is 1.83. The highest BCUT2D eigenvalue weighted by Gasteiger charge is 2.47. The first-order chi connectivity index (χ1) is 15.1. The zero-order valence-corrected chi connectivity index (χ0v) is 17.2. The summed E-state index contributed by atoms with van der Waals surface area (Å²) in [6.07, 6.45) is 7.80. The lowest BCUT2D eigenvalue weighted by atomic mass is 9.98. The summed E-state index contributed by atoms with van der Waals surface area (Å²) >= 11 is 0. The predicted molar refractivity (Wildman–Crippen MR) is 118 cm³/mol. The summed E-state index contributed by atoms with van der Waals surface area (Å²) in [5, 5.41) is 11.0. The number of rotatable bonds is 6. The second-order valence-corrected chi connectivity index (χ2v) is 7.43. The molecule has 6 heteroatoms. The van der Waals surface area contributed by atoms with Crippen molar-refractivity contribution in [1.82, 2.24) is 9.97 Å². The van der Waals surface area contributed by atoms with Crippen molar-refractivity contribution in [3.8, 4) is 0 Å². The van der Waals surface area contributed by atoms with Gasteiger partial charge >= 0.3 is 0 Å². The monoisotopic (exact) mass is 413 g/mol. The molecule has 1 atom stereocenters. The summed E-state index contributed by atoms with van der Waals surface area (Å²) in [6, 6.07) is 15.3. The number of carbonyl (C=O) groups is 2. The second kappa shape index (κ2) is 8.92. The van der Waals surface area contributed by atoms with E-state index in [1.165, 1.54) is 22.9 Å². The Morgan fingerprint density at radius 3 is 2.39 bits per heavy atom. The van der Waals surface area contributed by atoms with Gasteiger partial charge in [-0.1, -0.05) is 31.5 Å².